The van der Waals surface area contributed by atoms with Crippen LogP contribution in [0.4, 0.5) is 5.69 Å². The van der Waals surface area contributed by atoms with Crippen molar-refractivity contribution in [3.05, 3.63) is 45.4 Å². The van der Waals surface area contributed by atoms with Crippen molar-refractivity contribution in [2.24, 2.45) is 0 Å². The first-order valence-electron chi connectivity index (χ1n) is 6.98. The Labute approximate surface area is 136 Å². The Morgan fingerprint density at radius 2 is 2.05 bits per heavy atom. The van der Waals surface area contributed by atoms with Crippen molar-refractivity contribution >= 4 is 28.6 Å². The minimum absolute atomic E-state index is 0.0976. The summed E-state index contributed by atoms with van der Waals surface area (Å²) in [5.74, 6) is 0. The Hall–Kier alpha value is -1.10. The van der Waals surface area contributed by atoms with Crippen molar-refractivity contribution in [3.63, 3.8) is 0 Å². The van der Waals surface area contributed by atoms with Gasteiger partial charge in [-0.05, 0) is 44.5 Å². The molecule has 3 nitrogen and oxygen atoms in total. The van der Waals surface area contributed by atoms with E-state index < -0.39 is 0 Å². The summed E-state index contributed by atoms with van der Waals surface area (Å²) >= 11 is 7.62. The molecule has 0 amide bonds. The number of rotatable bonds is 5. The van der Waals surface area contributed by atoms with Crippen LogP contribution in [0, 0.1) is 0 Å². The van der Waals surface area contributed by atoms with Crippen molar-refractivity contribution in [2.45, 2.75) is 39.4 Å². The van der Waals surface area contributed by atoms with Gasteiger partial charge in [-0.25, -0.2) is 0 Å². The number of anilines is 1. The predicted octanol–water partition coefficient (Wildman–Crippen LogP) is 4.32. The van der Waals surface area contributed by atoms with Crippen LogP contribution in [0.3, 0.4) is 0 Å². The second-order valence-corrected chi connectivity index (χ2v) is 7.97. The quantitative estimate of drug-likeness (QED) is 0.888. The lowest BCUT2D eigenvalue weighted by Crippen LogP contribution is -2.35. The van der Waals surface area contributed by atoms with Crippen LogP contribution in [0.5, 0.6) is 0 Å². The van der Waals surface area contributed by atoms with Gasteiger partial charge in [-0.1, -0.05) is 11.6 Å². The van der Waals surface area contributed by atoms with E-state index in [-0.39, 0.29) is 5.54 Å². The van der Waals surface area contributed by atoms with Crippen LogP contribution in [-0.4, -0.2) is 17.6 Å². The van der Waals surface area contributed by atoms with Gasteiger partial charge in [0.25, 0.3) is 0 Å². The normalized spacial score (nSPS) is 11.7. The molecule has 2 heterocycles. The lowest BCUT2D eigenvalue weighted by Gasteiger charge is -2.25. The lowest BCUT2D eigenvalue weighted by atomic mass is 10.1. The summed E-state index contributed by atoms with van der Waals surface area (Å²) in [6.45, 7) is 8.18. The molecule has 0 saturated carbocycles. The van der Waals surface area contributed by atoms with E-state index in [2.05, 4.69) is 55.2 Å². The van der Waals surface area contributed by atoms with Gasteiger partial charge < -0.3 is 10.2 Å². The standard InChI is InChI=1S/C16H22ClN3S/c1-16(2,3)19-9-12-7-8-18-10-14(12)20(4)11-13-5-6-15(17)21-13/h5-8,10,19H,9,11H2,1-4H3. The van der Waals surface area contributed by atoms with Crippen LogP contribution in [-0.2, 0) is 13.1 Å². The smallest absolute Gasteiger partial charge is 0.0931 e. The minimum Gasteiger partial charge on any atom is -0.368 e. The van der Waals surface area contributed by atoms with Crippen LogP contribution in [0.25, 0.3) is 0 Å². The molecule has 0 saturated heterocycles. The Morgan fingerprint density at radius 1 is 1.29 bits per heavy atom. The van der Waals surface area contributed by atoms with Crippen molar-refractivity contribution in [1.29, 1.82) is 0 Å². The van der Waals surface area contributed by atoms with Gasteiger partial charge in [0.1, 0.15) is 0 Å². The van der Waals surface area contributed by atoms with E-state index in [1.165, 1.54) is 10.4 Å². The molecule has 0 aliphatic heterocycles. The van der Waals surface area contributed by atoms with Gasteiger partial charge in [0.05, 0.1) is 22.8 Å². The number of pyridine rings is 1. The molecule has 21 heavy (non-hydrogen) atoms. The van der Waals surface area contributed by atoms with E-state index >= 15 is 0 Å². The van der Waals surface area contributed by atoms with Crippen molar-refractivity contribution in [3.8, 4) is 0 Å². The van der Waals surface area contributed by atoms with Crippen LogP contribution in [0.2, 0.25) is 4.34 Å². The van der Waals surface area contributed by atoms with E-state index in [0.717, 1.165) is 23.1 Å². The summed E-state index contributed by atoms with van der Waals surface area (Å²) < 4.78 is 0.833. The number of nitrogens with zero attached hydrogens (tertiary/aromatic N) is 2. The third-order valence-electron chi connectivity index (χ3n) is 3.13. The molecule has 0 aromatic carbocycles. The summed E-state index contributed by atoms with van der Waals surface area (Å²) in [6.07, 6.45) is 3.77. The third kappa shape index (κ3) is 4.99. The molecule has 0 radical (unpaired) electrons. The summed E-state index contributed by atoms with van der Waals surface area (Å²) in [5, 5.41) is 3.53. The highest BCUT2D eigenvalue weighted by Crippen LogP contribution is 2.25. The highest BCUT2D eigenvalue weighted by atomic mass is 35.5. The fourth-order valence-corrected chi connectivity index (χ4v) is 3.17. The van der Waals surface area contributed by atoms with Gasteiger partial charge in [-0.2, -0.15) is 0 Å². The van der Waals surface area contributed by atoms with E-state index in [9.17, 15) is 0 Å². The summed E-state index contributed by atoms with van der Waals surface area (Å²) in [5.41, 5.74) is 2.50. The topological polar surface area (TPSA) is 28.2 Å². The fraction of sp³-hybridized carbons (Fsp3) is 0.438. The van der Waals surface area contributed by atoms with E-state index in [4.69, 9.17) is 11.6 Å². The number of hydrogen-bond acceptors (Lipinski definition) is 4. The molecule has 0 aliphatic rings. The second-order valence-electron chi connectivity index (χ2n) is 6.17. The molecule has 0 unspecified atom stereocenters. The Morgan fingerprint density at radius 3 is 2.67 bits per heavy atom. The first-order chi connectivity index (χ1) is 9.85. The van der Waals surface area contributed by atoms with E-state index in [1.54, 1.807) is 11.3 Å². The monoisotopic (exact) mass is 323 g/mol. The molecule has 0 bridgehead atoms. The van der Waals surface area contributed by atoms with Crippen LogP contribution in [0.15, 0.2) is 30.6 Å². The molecule has 0 aliphatic carbocycles. The van der Waals surface area contributed by atoms with Gasteiger partial charge >= 0.3 is 0 Å². The first-order valence-corrected chi connectivity index (χ1v) is 8.18. The maximum absolute atomic E-state index is 6.00. The Kier molecular flexibility index (Phi) is 5.25. The third-order valence-corrected chi connectivity index (χ3v) is 4.35. The number of halogens is 1. The zero-order valence-electron chi connectivity index (χ0n) is 13.0. The van der Waals surface area contributed by atoms with Crippen molar-refractivity contribution < 1.29 is 0 Å². The summed E-state index contributed by atoms with van der Waals surface area (Å²) in [4.78, 5) is 7.73. The van der Waals surface area contributed by atoms with E-state index in [0.29, 0.717) is 0 Å². The molecule has 114 valence electrons. The van der Waals surface area contributed by atoms with Crippen molar-refractivity contribution in [1.82, 2.24) is 10.3 Å². The Bertz CT molecular complexity index is 589. The molecule has 0 atom stereocenters. The molecule has 2 aromatic heterocycles. The predicted molar refractivity (Wildman–Crippen MR) is 92.3 cm³/mol. The van der Waals surface area contributed by atoms with Crippen molar-refractivity contribution in [2.75, 3.05) is 11.9 Å². The zero-order chi connectivity index (χ0) is 15.5. The molecule has 0 fully saturated rings. The molecule has 1 N–H and O–H groups in total. The minimum atomic E-state index is 0.0976. The molecular formula is C16H22ClN3S. The number of nitrogens with one attached hydrogen (secondary N) is 1. The maximum Gasteiger partial charge on any atom is 0.0931 e. The number of aromatic nitrogens is 1. The SMILES string of the molecule is CN(Cc1ccc(Cl)s1)c1cnccc1CNC(C)(C)C. The highest BCUT2D eigenvalue weighted by molar-refractivity contribution is 7.16. The fourth-order valence-electron chi connectivity index (χ4n) is 2.02. The van der Waals surface area contributed by atoms with Gasteiger partial charge in [0, 0.05) is 30.2 Å². The highest BCUT2D eigenvalue weighted by Gasteiger charge is 2.13. The first kappa shape index (κ1) is 16.3. The molecular weight excluding hydrogens is 302 g/mol. The molecule has 2 aromatic rings. The Balaban J connectivity index is 2.11. The van der Waals surface area contributed by atoms with Gasteiger partial charge in [0.2, 0.25) is 0 Å². The molecule has 5 heteroatoms. The van der Waals surface area contributed by atoms with Crippen LogP contribution >= 0.6 is 22.9 Å². The van der Waals surface area contributed by atoms with Gasteiger partial charge in [-0.3, -0.25) is 4.98 Å². The van der Waals surface area contributed by atoms with Crippen LogP contribution < -0.4 is 10.2 Å². The largest absolute Gasteiger partial charge is 0.368 e. The van der Waals surface area contributed by atoms with Gasteiger partial charge in [0.15, 0.2) is 0 Å². The van der Waals surface area contributed by atoms with Crippen LogP contribution in [0.1, 0.15) is 31.2 Å². The number of thiophene rings is 1. The molecule has 0 spiro atoms. The molecule has 2 rings (SSSR count). The lowest BCUT2D eigenvalue weighted by molar-refractivity contribution is 0.424. The van der Waals surface area contributed by atoms with Gasteiger partial charge in [-0.15, -0.1) is 11.3 Å². The zero-order valence-corrected chi connectivity index (χ0v) is 14.6. The average Bonchev–Trinajstić information content (AvgIpc) is 2.81. The second kappa shape index (κ2) is 6.77. The maximum atomic E-state index is 6.00. The average molecular weight is 324 g/mol. The summed E-state index contributed by atoms with van der Waals surface area (Å²) in [7, 11) is 2.09. The summed E-state index contributed by atoms with van der Waals surface area (Å²) in [6, 6.07) is 6.10. The number of hydrogen-bond donors (Lipinski definition) is 1. The van der Waals surface area contributed by atoms with E-state index in [1.807, 2.05) is 18.5 Å².